The summed E-state index contributed by atoms with van der Waals surface area (Å²) in [6.45, 7) is 13.5. The average molecular weight is 631 g/mol. The van der Waals surface area contributed by atoms with Crippen molar-refractivity contribution in [3.8, 4) is 0 Å². The van der Waals surface area contributed by atoms with Crippen molar-refractivity contribution >= 4 is 47.8 Å². The van der Waals surface area contributed by atoms with Gasteiger partial charge < -0.3 is 35.6 Å². The van der Waals surface area contributed by atoms with Crippen molar-refractivity contribution in [1.82, 2.24) is 20.3 Å². The molecule has 1 saturated heterocycles. The summed E-state index contributed by atoms with van der Waals surface area (Å²) in [4.78, 5) is 51.7. The molecule has 0 aromatic carbocycles. The number of aliphatic carboxylic acids is 2. The van der Waals surface area contributed by atoms with E-state index in [9.17, 15) is 35.0 Å². The van der Waals surface area contributed by atoms with Crippen LogP contribution in [0.1, 0.15) is 87.6 Å². The Morgan fingerprint density at radius 1 is 0.957 bits per heavy atom. The fraction of sp³-hybridized carbons (Fsp3) is 0.324. The van der Waals surface area contributed by atoms with Crippen LogP contribution in [0.15, 0.2) is 18.0 Å². The van der Waals surface area contributed by atoms with Crippen LogP contribution in [0.4, 0.5) is 0 Å². The van der Waals surface area contributed by atoms with Crippen LogP contribution >= 0.6 is 0 Å². The Kier molecular flexibility index (Phi) is 8.70. The number of hydrogen-bond acceptors (Lipinski definition) is 6. The van der Waals surface area contributed by atoms with Gasteiger partial charge in [0.2, 0.25) is 6.10 Å². The van der Waals surface area contributed by atoms with E-state index < -0.39 is 29.9 Å². The van der Waals surface area contributed by atoms with Crippen molar-refractivity contribution in [3.05, 3.63) is 84.8 Å². The summed E-state index contributed by atoms with van der Waals surface area (Å²) in [7, 11) is 0. The van der Waals surface area contributed by atoms with Crippen molar-refractivity contribution in [2.24, 2.45) is 11.8 Å². The van der Waals surface area contributed by atoms with Crippen LogP contribution in [0.5, 0.6) is 0 Å². The molecule has 12 nitrogen and oxygen atoms in total. The third-order valence-corrected chi connectivity index (χ3v) is 9.32. The smallest absolute Gasteiger partial charge is 0.341 e. The number of nitrogens with one attached hydrogen (secondary N) is 4. The molecular weight excluding hydrogens is 592 g/mol. The number of allylic oxidation sites excluding steroid dienone is 2. The highest BCUT2D eigenvalue weighted by Crippen LogP contribution is 2.43. The van der Waals surface area contributed by atoms with Crippen molar-refractivity contribution in [2.45, 2.75) is 60.0 Å². The van der Waals surface area contributed by atoms with Gasteiger partial charge in [-0.2, -0.15) is 0 Å². The second kappa shape index (κ2) is 12.4. The van der Waals surface area contributed by atoms with Gasteiger partial charge in [-0.25, -0.2) is 14.5 Å². The van der Waals surface area contributed by atoms with Crippen molar-refractivity contribution in [3.63, 3.8) is 0 Å². The van der Waals surface area contributed by atoms with Crippen molar-refractivity contribution in [1.29, 1.82) is 0 Å². The molecule has 0 saturated carbocycles. The predicted molar refractivity (Wildman–Crippen MR) is 172 cm³/mol. The fourth-order valence-corrected chi connectivity index (χ4v) is 6.81. The number of aromatic amines is 3. The first-order valence-electron chi connectivity index (χ1n) is 15.0. The summed E-state index contributed by atoms with van der Waals surface area (Å²) >= 11 is 0. The van der Waals surface area contributed by atoms with E-state index in [1.54, 1.807) is 19.1 Å². The first kappa shape index (κ1) is 32.3. The minimum atomic E-state index is -2.00. The molecule has 1 unspecified atom stereocenters. The van der Waals surface area contributed by atoms with E-state index in [0.717, 1.165) is 44.3 Å². The maximum atomic E-state index is 12.8. The Bertz CT molecular complexity index is 1970. The van der Waals surface area contributed by atoms with Gasteiger partial charge in [-0.05, 0) is 74.1 Å². The second-order valence-corrected chi connectivity index (χ2v) is 11.8. The van der Waals surface area contributed by atoms with Crippen LogP contribution in [-0.2, 0) is 20.9 Å². The van der Waals surface area contributed by atoms with Crippen LogP contribution in [0.3, 0.4) is 0 Å². The van der Waals surface area contributed by atoms with E-state index in [1.165, 1.54) is 0 Å². The molecule has 0 radical (unpaired) electrons. The minimum Gasteiger partial charge on any atom is -0.481 e. The zero-order valence-corrected chi connectivity index (χ0v) is 26.3. The Labute approximate surface area is 264 Å². The van der Waals surface area contributed by atoms with Gasteiger partial charge in [-0.3, -0.25) is 10.1 Å². The number of aromatic carboxylic acids is 1. The average Bonchev–Trinajstić information content (AvgIpc) is 3.67. The van der Waals surface area contributed by atoms with E-state index in [1.807, 2.05) is 39.8 Å². The van der Waals surface area contributed by atoms with Crippen molar-refractivity contribution in [2.75, 3.05) is 0 Å². The molecule has 12 heteroatoms. The zero-order chi connectivity index (χ0) is 33.6. The van der Waals surface area contributed by atoms with Crippen LogP contribution in [0, 0.1) is 32.6 Å². The Morgan fingerprint density at radius 2 is 1.63 bits per heavy atom. The summed E-state index contributed by atoms with van der Waals surface area (Å²) < 4.78 is 0. The SMILES string of the molecule is C=Cc1c2[nH]c(c1C)C=C1NC(=C(C(OO)C(=O)O)c3[nH]c(c(C)c3C(=O)O)C=c3[nH]c(c(C)c3CC)=C2)[C@@H](CCC(=O)O)[C@@H]1C. The highest BCUT2D eigenvalue weighted by Gasteiger charge is 2.41. The lowest BCUT2D eigenvalue weighted by Crippen LogP contribution is -2.29. The number of carboxylic acids is 3. The summed E-state index contributed by atoms with van der Waals surface area (Å²) in [5.41, 5.74) is 6.65. The molecule has 1 fully saturated rings. The number of carboxylic acid groups (broad SMARTS) is 3. The molecule has 242 valence electrons. The molecule has 0 aliphatic carbocycles. The highest BCUT2D eigenvalue weighted by molar-refractivity contribution is 6.01. The molecule has 5 heterocycles. The molecule has 0 spiro atoms. The third kappa shape index (κ3) is 5.39. The summed E-state index contributed by atoms with van der Waals surface area (Å²) in [6, 6.07) is 0. The van der Waals surface area contributed by atoms with Gasteiger partial charge in [0.15, 0.2) is 0 Å². The molecule has 8 bridgehead atoms. The molecule has 2 aliphatic heterocycles. The van der Waals surface area contributed by atoms with Gasteiger partial charge in [0.05, 0.1) is 11.3 Å². The first-order valence-corrected chi connectivity index (χ1v) is 15.0. The fourth-order valence-electron chi connectivity index (χ4n) is 6.81. The second-order valence-electron chi connectivity index (χ2n) is 11.8. The normalized spacial score (nSPS) is 17.9. The largest absolute Gasteiger partial charge is 0.481 e. The Morgan fingerprint density at radius 3 is 2.22 bits per heavy atom. The number of H-pyrrole nitrogens is 3. The summed E-state index contributed by atoms with van der Waals surface area (Å²) in [6.07, 6.45) is 6.00. The number of carbonyl (C=O) groups is 3. The number of hydrogen-bond donors (Lipinski definition) is 8. The van der Waals surface area contributed by atoms with E-state index in [2.05, 4.69) is 31.7 Å². The Hall–Kier alpha value is -5.07. The minimum absolute atomic E-state index is 0.0681. The molecule has 0 amide bonds. The van der Waals surface area contributed by atoms with E-state index in [0.29, 0.717) is 23.4 Å². The topological polar surface area (TPSA) is 201 Å². The van der Waals surface area contributed by atoms with E-state index in [-0.39, 0.29) is 41.3 Å². The molecular formula is C34H38N4O8. The van der Waals surface area contributed by atoms with Gasteiger partial charge in [-0.1, -0.05) is 26.5 Å². The van der Waals surface area contributed by atoms with Crippen molar-refractivity contribution < 1.29 is 39.8 Å². The van der Waals surface area contributed by atoms with E-state index in [4.69, 9.17) is 0 Å². The van der Waals surface area contributed by atoms with Crippen LogP contribution in [-0.4, -0.2) is 59.5 Å². The van der Waals surface area contributed by atoms with Gasteiger partial charge >= 0.3 is 17.9 Å². The van der Waals surface area contributed by atoms with Crippen LogP contribution < -0.4 is 16.0 Å². The number of aromatic nitrogens is 3. The molecule has 2 aliphatic rings. The van der Waals surface area contributed by atoms with E-state index >= 15 is 0 Å². The standard InChI is InChI=1S/C34H38N4O8/c1-7-18-14(3)21-11-23-16(5)20(9-10-27(39)40)30(37-23)29(32(46-45)34(43)44)31-28(33(41)42)17(6)24(38-31)13-26-19(8-2)15(4)22(36-26)12-25(18)35-21/h7,11-13,16,20,32,35-38,45H,1,8-10H2,2-6H3,(H,39,40)(H,41,42)(H,43,44)/t16-,20-,32?/m0/s1. The monoisotopic (exact) mass is 630 g/mol. The highest BCUT2D eigenvalue weighted by atomic mass is 17.1. The van der Waals surface area contributed by atoms with Gasteiger partial charge in [-0.15, -0.1) is 0 Å². The lowest BCUT2D eigenvalue weighted by Gasteiger charge is -2.21. The summed E-state index contributed by atoms with van der Waals surface area (Å²) in [5.74, 6) is -4.87. The van der Waals surface area contributed by atoms with Gasteiger partial charge in [0.1, 0.15) is 0 Å². The lowest BCUT2D eigenvalue weighted by molar-refractivity contribution is -0.262. The molecule has 3 aromatic rings. The number of rotatable bonds is 9. The maximum absolute atomic E-state index is 12.8. The maximum Gasteiger partial charge on any atom is 0.341 e. The zero-order valence-electron chi connectivity index (χ0n) is 26.3. The summed E-state index contributed by atoms with van der Waals surface area (Å²) in [5, 5.41) is 45.0. The Balaban J connectivity index is 1.98. The molecule has 3 aromatic heterocycles. The quantitative estimate of drug-likeness (QED) is 0.128. The predicted octanol–water partition coefficient (Wildman–Crippen LogP) is 3.89. The van der Waals surface area contributed by atoms with Crippen LogP contribution in [0.2, 0.25) is 0 Å². The molecule has 5 rings (SSSR count). The van der Waals surface area contributed by atoms with Crippen LogP contribution in [0.25, 0.3) is 29.9 Å². The van der Waals surface area contributed by atoms with Gasteiger partial charge in [0.25, 0.3) is 0 Å². The lowest BCUT2D eigenvalue weighted by atomic mass is 9.85. The molecule has 3 atom stereocenters. The number of fused-ring (bicyclic) bond motifs is 8. The molecule has 8 N–H and O–H groups in total. The third-order valence-electron chi connectivity index (χ3n) is 9.32. The first-order chi connectivity index (χ1) is 21.8. The molecule has 46 heavy (non-hydrogen) atoms. The van der Waals surface area contributed by atoms with Gasteiger partial charge in [0, 0.05) is 68.6 Å².